The van der Waals surface area contributed by atoms with E-state index in [2.05, 4.69) is 10.3 Å². The van der Waals surface area contributed by atoms with E-state index in [4.69, 9.17) is 5.11 Å². The number of hydrogen-bond acceptors (Lipinski definition) is 3. The van der Waals surface area contributed by atoms with E-state index in [0.29, 0.717) is 16.8 Å². The Morgan fingerprint density at radius 2 is 1.95 bits per heavy atom. The Kier molecular flexibility index (Phi) is 4.18. The molecule has 0 fully saturated rings. The number of nitrogens with one attached hydrogen (secondary N) is 2. The van der Waals surface area contributed by atoms with Crippen LogP contribution in [0.3, 0.4) is 0 Å². The molecule has 6 heteroatoms. The van der Waals surface area contributed by atoms with Crippen LogP contribution in [-0.2, 0) is 0 Å². The highest BCUT2D eigenvalue weighted by Crippen LogP contribution is 2.24. The van der Waals surface area contributed by atoms with Crippen molar-refractivity contribution in [3.05, 3.63) is 44.4 Å². The second-order valence-electron chi connectivity index (χ2n) is 5.07. The van der Waals surface area contributed by atoms with Gasteiger partial charge < -0.3 is 15.4 Å². The number of aromatic amines is 1. The Hall–Kier alpha value is -2.08. The van der Waals surface area contributed by atoms with Crippen molar-refractivity contribution in [3.8, 4) is 0 Å². The number of aromatic nitrogens is 1. The predicted octanol–water partition coefficient (Wildman–Crippen LogP) is 3.19. The Bertz CT molecular complexity index is 700. The zero-order chi connectivity index (χ0) is 15.7. The fourth-order valence-electron chi connectivity index (χ4n) is 2.33. The Morgan fingerprint density at radius 3 is 2.43 bits per heavy atom. The number of aromatic carboxylic acids is 1. The lowest BCUT2D eigenvalue weighted by atomic mass is 10.1. The van der Waals surface area contributed by atoms with Gasteiger partial charge in [0.1, 0.15) is 5.69 Å². The smallest absolute Gasteiger partial charge is 0.352 e. The van der Waals surface area contributed by atoms with Gasteiger partial charge in [-0.15, -0.1) is 11.3 Å². The normalized spacial score (nSPS) is 12.2. The van der Waals surface area contributed by atoms with Gasteiger partial charge in [-0.1, -0.05) is 0 Å². The Labute approximate surface area is 127 Å². The standard InChI is InChI=1S/C15H18N2O3S/c1-7-5-6-11(21-7)9(3)17-14(18)12-8(2)13(15(19)20)16-10(12)4/h5-6,9,16H,1-4H3,(H,17,18)(H,19,20). The van der Waals surface area contributed by atoms with Crippen LogP contribution in [-0.4, -0.2) is 22.0 Å². The number of carbonyl (C=O) groups excluding carboxylic acids is 1. The molecule has 2 heterocycles. The topological polar surface area (TPSA) is 82.2 Å². The van der Waals surface area contributed by atoms with Crippen molar-refractivity contribution < 1.29 is 14.7 Å². The minimum atomic E-state index is -1.06. The predicted molar refractivity (Wildman–Crippen MR) is 82.2 cm³/mol. The highest BCUT2D eigenvalue weighted by atomic mass is 32.1. The zero-order valence-corrected chi connectivity index (χ0v) is 13.2. The second-order valence-corrected chi connectivity index (χ2v) is 6.39. The number of aryl methyl sites for hydroxylation is 2. The van der Waals surface area contributed by atoms with Gasteiger partial charge in [0, 0.05) is 15.4 Å². The lowest BCUT2D eigenvalue weighted by Gasteiger charge is -2.12. The van der Waals surface area contributed by atoms with Crippen LogP contribution in [0.4, 0.5) is 0 Å². The molecular formula is C15H18N2O3S. The SMILES string of the molecule is Cc1ccc(C(C)NC(=O)c2c(C)[nH]c(C(=O)O)c2C)s1. The van der Waals surface area contributed by atoms with Crippen molar-refractivity contribution in [1.82, 2.24) is 10.3 Å². The van der Waals surface area contributed by atoms with Crippen LogP contribution in [0.15, 0.2) is 12.1 Å². The number of thiophene rings is 1. The number of H-pyrrole nitrogens is 1. The fraction of sp³-hybridized carbons (Fsp3) is 0.333. The van der Waals surface area contributed by atoms with E-state index in [1.54, 1.807) is 25.2 Å². The quantitative estimate of drug-likeness (QED) is 0.811. The van der Waals surface area contributed by atoms with Gasteiger partial charge in [-0.2, -0.15) is 0 Å². The van der Waals surface area contributed by atoms with Crippen LogP contribution >= 0.6 is 11.3 Å². The number of carboxylic acids is 1. The van der Waals surface area contributed by atoms with Gasteiger partial charge in [-0.25, -0.2) is 4.79 Å². The van der Waals surface area contributed by atoms with Crippen molar-refractivity contribution in [1.29, 1.82) is 0 Å². The van der Waals surface area contributed by atoms with E-state index in [1.165, 1.54) is 4.88 Å². The summed E-state index contributed by atoms with van der Waals surface area (Å²) in [6.07, 6.45) is 0. The highest BCUT2D eigenvalue weighted by Gasteiger charge is 2.23. The maximum atomic E-state index is 12.4. The molecule has 0 aliphatic heterocycles. The summed E-state index contributed by atoms with van der Waals surface area (Å²) in [4.78, 5) is 28.5. The maximum absolute atomic E-state index is 12.4. The summed E-state index contributed by atoms with van der Waals surface area (Å²) in [6, 6.07) is 3.89. The molecule has 1 amide bonds. The van der Waals surface area contributed by atoms with Crippen LogP contribution in [0.1, 0.15) is 54.8 Å². The largest absolute Gasteiger partial charge is 0.477 e. The molecule has 0 bridgehead atoms. The molecular weight excluding hydrogens is 288 g/mol. The van der Waals surface area contributed by atoms with Crippen LogP contribution < -0.4 is 5.32 Å². The lowest BCUT2D eigenvalue weighted by Crippen LogP contribution is -2.27. The van der Waals surface area contributed by atoms with E-state index in [9.17, 15) is 9.59 Å². The van der Waals surface area contributed by atoms with Crippen molar-refractivity contribution in [2.45, 2.75) is 33.7 Å². The van der Waals surface area contributed by atoms with Crippen LogP contribution in [0, 0.1) is 20.8 Å². The molecule has 112 valence electrons. The summed E-state index contributed by atoms with van der Waals surface area (Å²) < 4.78 is 0. The van der Waals surface area contributed by atoms with Crippen LogP contribution in [0.2, 0.25) is 0 Å². The second kappa shape index (κ2) is 5.73. The number of hydrogen-bond donors (Lipinski definition) is 3. The molecule has 2 aromatic heterocycles. The molecule has 0 aliphatic rings. The van der Waals surface area contributed by atoms with Gasteiger partial charge in [-0.05, 0) is 45.4 Å². The molecule has 0 radical (unpaired) electrons. The molecule has 0 aromatic carbocycles. The molecule has 21 heavy (non-hydrogen) atoms. The number of carboxylic acid groups (broad SMARTS) is 1. The zero-order valence-electron chi connectivity index (χ0n) is 12.4. The summed E-state index contributed by atoms with van der Waals surface area (Å²) in [5.41, 5.74) is 1.51. The molecule has 2 rings (SSSR count). The minimum Gasteiger partial charge on any atom is -0.477 e. The molecule has 0 aliphatic carbocycles. The molecule has 5 nitrogen and oxygen atoms in total. The molecule has 0 spiro atoms. The minimum absolute atomic E-state index is 0.0669. The molecule has 1 atom stereocenters. The summed E-state index contributed by atoms with van der Waals surface area (Å²) >= 11 is 1.63. The van der Waals surface area contributed by atoms with E-state index in [0.717, 1.165) is 4.88 Å². The van der Waals surface area contributed by atoms with Crippen molar-refractivity contribution in [2.75, 3.05) is 0 Å². The van der Waals surface area contributed by atoms with Gasteiger partial charge in [-0.3, -0.25) is 4.79 Å². The maximum Gasteiger partial charge on any atom is 0.352 e. The first kappa shape index (κ1) is 15.3. The molecule has 2 aromatic rings. The third-order valence-corrected chi connectivity index (χ3v) is 4.60. The highest BCUT2D eigenvalue weighted by molar-refractivity contribution is 7.12. The number of carbonyl (C=O) groups is 2. The van der Waals surface area contributed by atoms with Crippen molar-refractivity contribution in [3.63, 3.8) is 0 Å². The fourth-order valence-corrected chi connectivity index (χ4v) is 3.21. The molecule has 0 saturated heterocycles. The van der Waals surface area contributed by atoms with Crippen molar-refractivity contribution >= 4 is 23.2 Å². The Balaban J connectivity index is 2.23. The lowest BCUT2D eigenvalue weighted by molar-refractivity contribution is 0.0690. The average Bonchev–Trinajstić information content (AvgIpc) is 2.93. The van der Waals surface area contributed by atoms with E-state index < -0.39 is 5.97 Å². The van der Waals surface area contributed by atoms with Crippen LogP contribution in [0.5, 0.6) is 0 Å². The van der Waals surface area contributed by atoms with Gasteiger partial charge in [0.2, 0.25) is 0 Å². The van der Waals surface area contributed by atoms with E-state index in [-0.39, 0.29) is 17.6 Å². The summed E-state index contributed by atoms with van der Waals surface area (Å²) in [6.45, 7) is 7.27. The average molecular weight is 306 g/mol. The Morgan fingerprint density at radius 1 is 1.29 bits per heavy atom. The summed E-state index contributed by atoms with van der Waals surface area (Å²) in [5.74, 6) is -1.32. The van der Waals surface area contributed by atoms with E-state index >= 15 is 0 Å². The monoisotopic (exact) mass is 306 g/mol. The van der Waals surface area contributed by atoms with E-state index in [1.807, 2.05) is 26.0 Å². The number of amides is 1. The van der Waals surface area contributed by atoms with Gasteiger partial charge in [0.05, 0.1) is 11.6 Å². The third-order valence-electron chi connectivity index (χ3n) is 3.41. The number of rotatable bonds is 4. The first-order valence-corrected chi connectivity index (χ1v) is 7.42. The van der Waals surface area contributed by atoms with Crippen LogP contribution in [0.25, 0.3) is 0 Å². The molecule has 0 saturated carbocycles. The third kappa shape index (κ3) is 3.00. The molecule has 1 unspecified atom stereocenters. The summed E-state index contributed by atoms with van der Waals surface area (Å²) in [7, 11) is 0. The van der Waals surface area contributed by atoms with Crippen molar-refractivity contribution in [2.24, 2.45) is 0 Å². The van der Waals surface area contributed by atoms with Gasteiger partial charge in [0.25, 0.3) is 5.91 Å². The van der Waals surface area contributed by atoms with Gasteiger partial charge >= 0.3 is 5.97 Å². The molecule has 3 N–H and O–H groups in total. The summed E-state index contributed by atoms with van der Waals surface area (Å²) in [5, 5.41) is 12.0. The first-order valence-electron chi connectivity index (χ1n) is 6.61. The first-order chi connectivity index (χ1) is 9.81. The van der Waals surface area contributed by atoms with Gasteiger partial charge in [0.15, 0.2) is 0 Å².